The van der Waals surface area contributed by atoms with Gasteiger partial charge in [-0.2, -0.15) is 0 Å². The summed E-state index contributed by atoms with van der Waals surface area (Å²) in [5, 5.41) is 3.52. The van der Waals surface area contributed by atoms with E-state index in [9.17, 15) is 0 Å². The predicted molar refractivity (Wildman–Crippen MR) is 69.8 cm³/mol. The summed E-state index contributed by atoms with van der Waals surface area (Å²) in [5.41, 5.74) is 2.36. The van der Waals surface area contributed by atoms with Crippen LogP contribution in [0, 0.1) is 5.92 Å². The standard InChI is InChI=1S/C14H19N3/c1-2-17-13-6-4-3-5-12(13)16-14(17)10-15-9-11-7-8-11/h3-6,11,15H,2,7-10H2,1H3. The van der Waals surface area contributed by atoms with Gasteiger partial charge in [-0.05, 0) is 44.4 Å². The second-order valence-electron chi connectivity index (χ2n) is 4.84. The van der Waals surface area contributed by atoms with Crippen molar-refractivity contribution in [3.63, 3.8) is 0 Å². The third-order valence-electron chi connectivity index (χ3n) is 3.46. The lowest BCUT2D eigenvalue weighted by atomic mass is 10.3. The molecule has 0 saturated heterocycles. The highest BCUT2D eigenvalue weighted by Crippen LogP contribution is 2.27. The number of nitrogens with zero attached hydrogens (tertiary/aromatic N) is 2. The number of benzene rings is 1. The van der Waals surface area contributed by atoms with Crippen LogP contribution in [0.5, 0.6) is 0 Å². The average molecular weight is 229 g/mol. The van der Waals surface area contributed by atoms with Crippen LogP contribution in [0.1, 0.15) is 25.6 Å². The summed E-state index contributed by atoms with van der Waals surface area (Å²) in [4.78, 5) is 4.70. The predicted octanol–water partition coefficient (Wildman–Crippen LogP) is 2.56. The Morgan fingerprint density at radius 3 is 2.94 bits per heavy atom. The van der Waals surface area contributed by atoms with Gasteiger partial charge in [-0.3, -0.25) is 0 Å². The van der Waals surface area contributed by atoms with E-state index >= 15 is 0 Å². The first-order chi connectivity index (χ1) is 8.38. The third-order valence-corrected chi connectivity index (χ3v) is 3.46. The lowest BCUT2D eigenvalue weighted by Gasteiger charge is -2.06. The van der Waals surface area contributed by atoms with Crippen LogP contribution in [0.4, 0.5) is 0 Å². The molecule has 1 heterocycles. The molecule has 1 N–H and O–H groups in total. The summed E-state index contributed by atoms with van der Waals surface area (Å²) in [6.07, 6.45) is 2.80. The van der Waals surface area contributed by atoms with E-state index in [0.717, 1.165) is 36.9 Å². The Labute approximate surface area is 102 Å². The summed E-state index contributed by atoms with van der Waals surface area (Å²) in [7, 11) is 0. The van der Waals surface area contributed by atoms with Crippen LogP contribution in [0.3, 0.4) is 0 Å². The summed E-state index contributed by atoms with van der Waals surface area (Å²) in [6.45, 7) is 5.20. The molecule has 3 heteroatoms. The Balaban J connectivity index is 1.81. The van der Waals surface area contributed by atoms with Crippen molar-refractivity contribution in [1.29, 1.82) is 0 Å². The molecule has 1 aliphatic rings. The van der Waals surface area contributed by atoms with Crippen LogP contribution in [0.2, 0.25) is 0 Å². The van der Waals surface area contributed by atoms with Gasteiger partial charge >= 0.3 is 0 Å². The van der Waals surface area contributed by atoms with Crippen molar-refractivity contribution < 1.29 is 0 Å². The topological polar surface area (TPSA) is 29.9 Å². The maximum atomic E-state index is 4.70. The van der Waals surface area contributed by atoms with Gasteiger partial charge in [0.15, 0.2) is 0 Å². The lowest BCUT2D eigenvalue weighted by Crippen LogP contribution is -2.19. The van der Waals surface area contributed by atoms with Crippen molar-refractivity contribution in [3.8, 4) is 0 Å². The van der Waals surface area contributed by atoms with E-state index in [1.54, 1.807) is 0 Å². The minimum atomic E-state index is 0.888. The van der Waals surface area contributed by atoms with Crippen molar-refractivity contribution >= 4 is 11.0 Å². The Morgan fingerprint density at radius 2 is 2.18 bits per heavy atom. The van der Waals surface area contributed by atoms with E-state index in [0.29, 0.717) is 0 Å². The van der Waals surface area contributed by atoms with Crippen LogP contribution >= 0.6 is 0 Å². The molecule has 0 aliphatic heterocycles. The van der Waals surface area contributed by atoms with Crippen molar-refractivity contribution in [1.82, 2.24) is 14.9 Å². The minimum Gasteiger partial charge on any atom is -0.327 e. The zero-order chi connectivity index (χ0) is 11.7. The normalized spacial score (nSPS) is 15.6. The molecule has 1 saturated carbocycles. The molecule has 1 aromatic carbocycles. The highest BCUT2D eigenvalue weighted by molar-refractivity contribution is 5.75. The molecule has 1 aromatic heterocycles. The molecule has 0 bridgehead atoms. The third kappa shape index (κ3) is 2.20. The first-order valence-electron chi connectivity index (χ1n) is 6.53. The van der Waals surface area contributed by atoms with Gasteiger partial charge in [0.05, 0.1) is 17.6 Å². The molecule has 17 heavy (non-hydrogen) atoms. The first-order valence-corrected chi connectivity index (χ1v) is 6.53. The molecule has 0 unspecified atom stereocenters. The highest BCUT2D eigenvalue weighted by atomic mass is 15.1. The number of imidazole rings is 1. The maximum absolute atomic E-state index is 4.70. The van der Waals surface area contributed by atoms with Gasteiger partial charge in [0.2, 0.25) is 0 Å². The second-order valence-corrected chi connectivity index (χ2v) is 4.84. The van der Waals surface area contributed by atoms with Crippen LogP contribution in [-0.2, 0) is 13.1 Å². The van der Waals surface area contributed by atoms with Crippen molar-refractivity contribution in [2.24, 2.45) is 5.92 Å². The largest absolute Gasteiger partial charge is 0.327 e. The van der Waals surface area contributed by atoms with Crippen LogP contribution in [0.25, 0.3) is 11.0 Å². The van der Waals surface area contributed by atoms with E-state index in [2.05, 4.69) is 41.1 Å². The molecule has 0 spiro atoms. The van der Waals surface area contributed by atoms with E-state index in [1.165, 1.54) is 18.4 Å². The number of hydrogen-bond acceptors (Lipinski definition) is 2. The molecule has 0 radical (unpaired) electrons. The molecule has 1 aliphatic carbocycles. The molecular weight excluding hydrogens is 210 g/mol. The molecule has 1 fully saturated rings. The van der Waals surface area contributed by atoms with Crippen LogP contribution in [0.15, 0.2) is 24.3 Å². The van der Waals surface area contributed by atoms with Crippen molar-refractivity contribution in [2.75, 3.05) is 6.54 Å². The number of aromatic nitrogens is 2. The number of aryl methyl sites for hydroxylation is 1. The van der Waals surface area contributed by atoms with Crippen LogP contribution < -0.4 is 5.32 Å². The van der Waals surface area contributed by atoms with E-state index in [-0.39, 0.29) is 0 Å². The Bertz CT molecular complexity index is 511. The number of para-hydroxylation sites is 2. The van der Waals surface area contributed by atoms with Crippen molar-refractivity contribution in [2.45, 2.75) is 32.9 Å². The molecule has 3 rings (SSSR count). The van der Waals surface area contributed by atoms with Gasteiger partial charge in [0, 0.05) is 6.54 Å². The molecule has 90 valence electrons. The lowest BCUT2D eigenvalue weighted by molar-refractivity contribution is 0.594. The van der Waals surface area contributed by atoms with Gasteiger partial charge in [-0.1, -0.05) is 12.1 Å². The molecule has 2 aromatic rings. The van der Waals surface area contributed by atoms with Gasteiger partial charge in [-0.15, -0.1) is 0 Å². The van der Waals surface area contributed by atoms with Crippen LogP contribution in [-0.4, -0.2) is 16.1 Å². The zero-order valence-electron chi connectivity index (χ0n) is 10.3. The first kappa shape index (κ1) is 10.8. The molecule has 0 atom stereocenters. The SMILES string of the molecule is CCn1c(CNCC2CC2)nc2ccccc21. The fourth-order valence-electron chi connectivity index (χ4n) is 2.32. The highest BCUT2D eigenvalue weighted by Gasteiger charge is 2.20. The number of fused-ring (bicyclic) bond motifs is 1. The average Bonchev–Trinajstić information content (AvgIpc) is 3.09. The van der Waals surface area contributed by atoms with Gasteiger partial charge < -0.3 is 9.88 Å². The monoisotopic (exact) mass is 229 g/mol. The van der Waals surface area contributed by atoms with Crippen molar-refractivity contribution in [3.05, 3.63) is 30.1 Å². The Hall–Kier alpha value is -1.35. The molecular formula is C14H19N3. The summed E-state index contributed by atoms with van der Waals surface area (Å²) < 4.78 is 2.30. The molecule has 3 nitrogen and oxygen atoms in total. The van der Waals surface area contributed by atoms with E-state index < -0.39 is 0 Å². The minimum absolute atomic E-state index is 0.888. The maximum Gasteiger partial charge on any atom is 0.123 e. The van der Waals surface area contributed by atoms with Gasteiger partial charge in [-0.25, -0.2) is 4.98 Å². The van der Waals surface area contributed by atoms with Gasteiger partial charge in [0.1, 0.15) is 5.82 Å². The quantitative estimate of drug-likeness (QED) is 0.854. The fraction of sp³-hybridized carbons (Fsp3) is 0.500. The van der Waals surface area contributed by atoms with E-state index in [1.807, 2.05) is 0 Å². The zero-order valence-corrected chi connectivity index (χ0v) is 10.3. The van der Waals surface area contributed by atoms with E-state index in [4.69, 9.17) is 4.98 Å². The number of rotatable bonds is 5. The summed E-state index contributed by atoms with van der Waals surface area (Å²) >= 11 is 0. The fourth-order valence-corrected chi connectivity index (χ4v) is 2.32. The second kappa shape index (κ2) is 4.49. The molecule has 0 amide bonds. The van der Waals surface area contributed by atoms with Gasteiger partial charge in [0.25, 0.3) is 0 Å². The Kier molecular flexibility index (Phi) is 2.85. The summed E-state index contributed by atoms with van der Waals surface area (Å²) in [5.74, 6) is 2.09. The number of nitrogens with one attached hydrogen (secondary N) is 1. The summed E-state index contributed by atoms with van der Waals surface area (Å²) in [6, 6.07) is 8.37. The Morgan fingerprint density at radius 1 is 1.35 bits per heavy atom. The smallest absolute Gasteiger partial charge is 0.123 e. The number of hydrogen-bond donors (Lipinski definition) is 1.